The van der Waals surface area contributed by atoms with Crippen molar-refractivity contribution in [1.82, 2.24) is 25.5 Å². The fourth-order valence-electron chi connectivity index (χ4n) is 1.53. The Bertz CT molecular complexity index is 577. The first-order chi connectivity index (χ1) is 9.06. The van der Waals surface area contributed by atoms with Gasteiger partial charge in [0.2, 0.25) is 11.9 Å². The van der Waals surface area contributed by atoms with Crippen molar-refractivity contribution in [2.45, 2.75) is 13.8 Å². The molecule has 2 aromatic rings. The van der Waals surface area contributed by atoms with Crippen LogP contribution in [0.25, 0.3) is 11.0 Å². The lowest BCUT2D eigenvalue weighted by Gasteiger charge is -2.09. The van der Waals surface area contributed by atoms with Gasteiger partial charge >= 0.3 is 0 Å². The predicted octanol–water partition coefficient (Wildman–Crippen LogP) is 0.119. The molecule has 0 atom stereocenters. The van der Waals surface area contributed by atoms with E-state index in [-0.39, 0.29) is 18.4 Å². The molecule has 0 aliphatic carbocycles. The van der Waals surface area contributed by atoms with Crippen molar-refractivity contribution in [3.63, 3.8) is 0 Å². The molecular weight excluding hydrogens is 246 g/mol. The van der Waals surface area contributed by atoms with E-state index in [2.05, 4.69) is 30.8 Å². The van der Waals surface area contributed by atoms with E-state index >= 15 is 0 Å². The average molecular weight is 263 g/mol. The van der Waals surface area contributed by atoms with Crippen LogP contribution in [-0.2, 0) is 4.79 Å². The number of aromatic amines is 1. The number of carbonyl (C=O) groups is 1. The number of H-pyrrole nitrogens is 1. The summed E-state index contributed by atoms with van der Waals surface area (Å²) in [5.74, 6) is 0.944. The van der Waals surface area contributed by atoms with Gasteiger partial charge in [0.05, 0.1) is 18.1 Å². The normalized spacial score (nSPS) is 10.9. The minimum Gasteiger partial charge on any atom is -0.368 e. The number of fused-ring (bicyclic) bond motifs is 1. The third-order valence-corrected chi connectivity index (χ3v) is 2.45. The lowest BCUT2D eigenvalue weighted by atomic mass is 10.2. The van der Waals surface area contributed by atoms with Gasteiger partial charge in [-0.1, -0.05) is 13.8 Å². The quantitative estimate of drug-likeness (QED) is 0.608. The molecule has 5 N–H and O–H groups in total. The highest BCUT2D eigenvalue weighted by Crippen LogP contribution is 2.18. The molecule has 8 nitrogen and oxygen atoms in total. The van der Waals surface area contributed by atoms with E-state index in [9.17, 15) is 4.79 Å². The summed E-state index contributed by atoms with van der Waals surface area (Å²) in [6.07, 6.45) is 1.59. The Morgan fingerprint density at radius 1 is 1.47 bits per heavy atom. The molecule has 0 aromatic carbocycles. The number of aromatic nitrogens is 4. The van der Waals surface area contributed by atoms with Crippen molar-refractivity contribution in [2.24, 2.45) is 5.92 Å². The molecule has 0 bridgehead atoms. The van der Waals surface area contributed by atoms with Gasteiger partial charge in [-0.05, 0) is 5.92 Å². The Kier molecular flexibility index (Phi) is 3.79. The molecule has 0 radical (unpaired) electrons. The molecule has 2 aromatic heterocycles. The number of hydrogen-bond acceptors (Lipinski definition) is 6. The molecular formula is C11H17N7O. The molecule has 0 spiro atoms. The molecule has 19 heavy (non-hydrogen) atoms. The van der Waals surface area contributed by atoms with E-state index in [4.69, 9.17) is 5.73 Å². The van der Waals surface area contributed by atoms with Crippen LogP contribution in [0.3, 0.4) is 0 Å². The van der Waals surface area contributed by atoms with Crippen LogP contribution in [0.4, 0.5) is 11.8 Å². The van der Waals surface area contributed by atoms with Gasteiger partial charge in [-0.15, -0.1) is 0 Å². The first kappa shape index (κ1) is 13.1. The van der Waals surface area contributed by atoms with Gasteiger partial charge in [0.1, 0.15) is 5.82 Å². The van der Waals surface area contributed by atoms with Crippen molar-refractivity contribution in [3.8, 4) is 0 Å². The van der Waals surface area contributed by atoms with E-state index in [0.717, 1.165) is 0 Å². The lowest BCUT2D eigenvalue weighted by molar-refractivity contribution is -0.119. The summed E-state index contributed by atoms with van der Waals surface area (Å²) in [6, 6.07) is 0. The number of nitrogens with one attached hydrogen (secondary N) is 3. The third-order valence-electron chi connectivity index (χ3n) is 2.45. The number of nitrogens with zero attached hydrogens (tertiary/aromatic N) is 3. The highest BCUT2D eigenvalue weighted by Gasteiger charge is 2.09. The lowest BCUT2D eigenvalue weighted by Crippen LogP contribution is -2.32. The Morgan fingerprint density at radius 2 is 2.26 bits per heavy atom. The first-order valence-electron chi connectivity index (χ1n) is 6.03. The highest BCUT2D eigenvalue weighted by atomic mass is 16.1. The largest absolute Gasteiger partial charge is 0.368 e. The monoisotopic (exact) mass is 263 g/mol. The maximum Gasteiger partial charge on any atom is 0.239 e. The Hall–Kier alpha value is -2.38. The van der Waals surface area contributed by atoms with Crippen molar-refractivity contribution in [1.29, 1.82) is 0 Å². The maximum atomic E-state index is 11.6. The predicted molar refractivity (Wildman–Crippen MR) is 72.4 cm³/mol. The van der Waals surface area contributed by atoms with E-state index in [0.29, 0.717) is 29.3 Å². The second kappa shape index (κ2) is 5.51. The van der Waals surface area contributed by atoms with Crippen LogP contribution in [-0.4, -0.2) is 39.2 Å². The molecule has 102 valence electrons. The molecule has 2 rings (SSSR count). The molecule has 8 heteroatoms. The summed E-state index contributed by atoms with van der Waals surface area (Å²) in [5, 5.41) is 13.0. The van der Waals surface area contributed by atoms with Crippen LogP contribution in [0.5, 0.6) is 0 Å². The zero-order chi connectivity index (χ0) is 13.8. The van der Waals surface area contributed by atoms with E-state index < -0.39 is 0 Å². The molecule has 0 saturated carbocycles. The second-order valence-corrected chi connectivity index (χ2v) is 4.61. The van der Waals surface area contributed by atoms with Gasteiger partial charge in [0, 0.05) is 6.54 Å². The average Bonchev–Trinajstić information content (AvgIpc) is 2.81. The molecule has 0 aliphatic heterocycles. The second-order valence-electron chi connectivity index (χ2n) is 4.61. The molecule has 0 aliphatic rings. The highest BCUT2D eigenvalue weighted by molar-refractivity contribution is 5.89. The van der Waals surface area contributed by atoms with Gasteiger partial charge in [-0.3, -0.25) is 9.89 Å². The summed E-state index contributed by atoms with van der Waals surface area (Å²) < 4.78 is 0. The summed E-state index contributed by atoms with van der Waals surface area (Å²) in [6.45, 7) is 4.85. The SMILES string of the molecule is CC(C)CNC(=O)CNc1nc(N)nc2[nH]ncc12. The topological polar surface area (TPSA) is 122 Å². The number of nitrogen functional groups attached to an aromatic ring is 1. The van der Waals surface area contributed by atoms with Crippen LogP contribution < -0.4 is 16.4 Å². The number of anilines is 2. The van der Waals surface area contributed by atoms with Crippen LogP contribution in [0.2, 0.25) is 0 Å². The molecule has 2 heterocycles. The number of nitrogens with two attached hydrogens (primary N) is 1. The smallest absolute Gasteiger partial charge is 0.239 e. The summed E-state index contributed by atoms with van der Waals surface area (Å²) >= 11 is 0. The summed E-state index contributed by atoms with van der Waals surface area (Å²) in [4.78, 5) is 19.7. The zero-order valence-electron chi connectivity index (χ0n) is 10.9. The number of amides is 1. The summed E-state index contributed by atoms with van der Waals surface area (Å²) in [5.41, 5.74) is 6.12. The van der Waals surface area contributed by atoms with Crippen molar-refractivity contribution >= 4 is 28.7 Å². The number of rotatable bonds is 5. The minimum absolute atomic E-state index is 0.0949. The zero-order valence-corrected chi connectivity index (χ0v) is 10.9. The number of hydrogen-bond donors (Lipinski definition) is 4. The van der Waals surface area contributed by atoms with Gasteiger partial charge < -0.3 is 16.4 Å². The van der Waals surface area contributed by atoms with Crippen LogP contribution >= 0.6 is 0 Å². The van der Waals surface area contributed by atoms with E-state index in [1.165, 1.54) is 0 Å². The standard InChI is InChI=1S/C11H17N7O/c1-6(2)3-13-8(19)5-14-9-7-4-15-18-10(7)17-11(12)16-9/h4,6H,3,5H2,1-2H3,(H,13,19)(H4,12,14,15,16,17,18). The van der Waals surface area contributed by atoms with Gasteiger partial charge in [-0.2, -0.15) is 15.1 Å². The Labute approximate surface area is 110 Å². The van der Waals surface area contributed by atoms with Crippen LogP contribution in [0.15, 0.2) is 6.20 Å². The van der Waals surface area contributed by atoms with Crippen LogP contribution in [0, 0.1) is 5.92 Å². The van der Waals surface area contributed by atoms with Gasteiger partial charge in [-0.25, -0.2) is 0 Å². The molecule has 1 amide bonds. The molecule has 0 fully saturated rings. The Morgan fingerprint density at radius 3 is 3.00 bits per heavy atom. The fourth-order valence-corrected chi connectivity index (χ4v) is 1.53. The van der Waals surface area contributed by atoms with Crippen molar-refractivity contribution in [3.05, 3.63) is 6.20 Å². The molecule has 0 saturated heterocycles. The minimum atomic E-state index is -0.0949. The van der Waals surface area contributed by atoms with Crippen molar-refractivity contribution < 1.29 is 4.79 Å². The number of carbonyl (C=O) groups excluding carboxylic acids is 1. The van der Waals surface area contributed by atoms with Crippen LogP contribution in [0.1, 0.15) is 13.8 Å². The third kappa shape index (κ3) is 3.30. The fraction of sp³-hybridized carbons (Fsp3) is 0.455. The van der Waals surface area contributed by atoms with Gasteiger partial charge in [0.15, 0.2) is 5.65 Å². The first-order valence-corrected chi connectivity index (χ1v) is 6.03. The Balaban J connectivity index is 2.01. The molecule has 0 unspecified atom stereocenters. The maximum absolute atomic E-state index is 11.6. The van der Waals surface area contributed by atoms with E-state index in [1.54, 1.807) is 6.20 Å². The summed E-state index contributed by atoms with van der Waals surface area (Å²) in [7, 11) is 0. The van der Waals surface area contributed by atoms with Crippen molar-refractivity contribution in [2.75, 3.05) is 24.1 Å². The van der Waals surface area contributed by atoms with E-state index in [1.807, 2.05) is 13.8 Å². The van der Waals surface area contributed by atoms with Gasteiger partial charge in [0.25, 0.3) is 0 Å².